The van der Waals surface area contributed by atoms with Gasteiger partial charge in [-0.3, -0.25) is 9.59 Å². The van der Waals surface area contributed by atoms with Gasteiger partial charge in [-0.25, -0.2) is 0 Å². The number of carbonyl (C=O) groups is 2. The number of rotatable bonds is 1. The highest BCUT2D eigenvalue weighted by molar-refractivity contribution is 6.01. The lowest BCUT2D eigenvalue weighted by Gasteiger charge is -2.52. The van der Waals surface area contributed by atoms with E-state index in [-0.39, 0.29) is 34.9 Å². The van der Waals surface area contributed by atoms with Crippen LogP contribution in [0.5, 0.6) is 0 Å². The van der Waals surface area contributed by atoms with Crippen LogP contribution in [0.25, 0.3) is 0 Å². The third-order valence-electron chi connectivity index (χ3n) is 7.73. The maximum atomic E-state index is 12.3. The molecule has 0 radical (unpaired) electrons. The van der Waals surface area contributed by atoms with E-state index in [1.165, 1.54) is 17.6 Å². The molecule has 0 saturated heterocycles. The van der Waals surface area contributed by atoms with E-state index in [4.69, 9.17) is 0 Å². The molecule has 0 aliphatic heterocycles. The quantitative estimate of drug-likeness (QED) is 0.610. The lowest BCUT2D eigenvalue weighted by atomic mass is 9.52. The highest BCUT2D eigenvalue weighted by Crippen LogP contribution is 2.65. The minimum absolute atomic E-state index is 0. The molecule has 1 unspecified atom stereocenters. The molecule has 2 fully saturated rings. The molecule has 6 atom stereocenters. The van der Waals surface area contributed by atoms with Crippen LogP contribution in [0.3, 0.4) is 0 Å². The van der Waals surface area contributed by atoms with Crippen molar-refractivity contribution >= 4 is 24.0 Å². The second-order valence-corrected chi connectivity index (χ2v) is 9.03. The van der Waals surface area contributed by atoms with Gasteiger partial charge < -0.3 is 0 Å². The summed E-state index contributed by atoms with van der Waals surface area (Å²) in [6, 6.07) is 0. The molecule has 25 heavy (non-hydrogen) atoms. The molecule has 3 heteroatoms. The van der Waals surface area contributed by atoms with Crippen molar-refractivity contribution in [3.8, 4) is 0 Å². The van der Waals surface area contributed by atoms with Crippen molar-refractivity contribution in [2.24, 2.45) is 34.5 Å². The molecule has 0 aromatic carbocycles. The van der Waals surface area contributed by atoms with E-state index in [0.29, 0.717) is 23.5 Å². The Balaban J connectivity index is 0.00000182. The summed E-state index contributed by atoms with van der Waals surface area (Å²) in [6.07, 6.45) is 12.5. The first kappa shape index (κ1) is 18.6. The van der Waals surface area contributed by atoms with Gasteiger partial charge in [0.15, 0.2) is 5.78 Å². The number of Topliss-reactive ketones (excluding diaryl/α,β-unsaturated/α-hetero) is 1. The van der Waals surface area contributed by atoms with Gasteiger partial charge in [-0.1, -0.05) is 37.1 Å². The highest BCUT2D eigenvalue weighted by atomic mass is 35.5. The third-order valence-corrected chi connectivity index (χ3v) is 7.73. The van der Waals surface area contributed by atoms with Crippen molar-refractivity contribution < 1.29 is 9.59 Å². The molecule has 4 aliphatic carbocycles. The smallest absolute Gasteiger partial charge is 0.178 e. The fourth-order valence-electron chi connectivity index (χ4n) is 6.76. The molecule has 0 N–H and O–H groups in total. The molecule has 0 spiro atoms. The predicted molar refractivity (Wildman–Crippen MR) is 103 cm³/mol. The van der Waals surface area contributed by atoms with Crippen LogP contribution in [0, 0.1) is 34.5 Å². The van der Waals surface area contributed by atoms with Crippen molar-refractivity contribution in [3.63, 3.8) is 0 Å². The van der Waals surface area contributed by atoms with Crippen LogP contribution in [0.4, 0.5) is 0 Å². The molecule has 0 bridgehead atoms. The van der Waals surface area contributed by atoms with E-state index in [0.717, 1.165) is 19.3 Å². The molecular weight excluding hydrogens is 332 g/mol. The standard InChI is InChI=1S/C22H28O2.ClH/c1-13-11-19-17-6-5-15-12-16(24)7-9-21(15,3)18(17)8-10-22(19,4)20(13)14(2)23;/h7-9,12-13,17,19-20H,5-6,10-11H2,1-4H3;1H/t13?,17-,19+,20-,21+,22+;/m1./s1. The average molecular weight is 361 g/mol. The fourth-order valence-corrected chi connectivity index (χ4v) is 6.76. The summed E-state index contributed by atoms with van der Waals surface area (Å²) in [5.41, 5.74) is 2.85. The Kier molecular flexibility index (Phi) is 4.43. The molecule has 0 aromatic heterocycles. The Morgan fingerprint density at radius 1 is 1.28 bits per heavy atom. The molecule has 136 valence electrons. The Bertz CT molecular complexity index is 716. The summed E-state index contributed by atoms with van der Waals surface area (Å²) < 4.78 is 0. The first-order valence-electron chi connectivity index (χ1n) is 9.42. The summed E-state index contributed by atoms with van der Waals surface area (Å²) in [5.74, 6) is 2.36. The van der Waals surface area contributed by atoms with Crippen molar-refractivity contribution in [2.75, 3.05) is 0 Å². The SMILES string of the molecule is CC(=O)[C@H]1C(C)C[C@H]2[C@@H]3CCC4=CC(=O)C=C[C@]4(C)C3=CC[C@]12C.Cl. The average Bonchev–Trinajstić information content (AvgIpc) is 2.78. The van der Waals surface area contributed by atoms with Crippen LogP contribution in [-0.2, 0) is 9.59 Å². The number of ketones is 2. The van der Waals surface area contributed by atoms with Crippen LogP contribution in [0.2, 0.25) is 0 Å². The van der Waals surface area contributed by atoms with E-state index in [2.05, 4.69) is 32.9 Å². The maximum absolute atomic E-state index is 12.3. The lowest BCUT2D eigenvalue weighted by molar-refractivity contribution is -0.126. The number of halogens is 1. The fraction of sp³-hybridized carbons (Fsp3) is 0.636. The van der Waals surface area contributed by atoms with Gasteiger partial charge in [-0.2, -0.15) is 0 Å². The Morgan fingerprint density at radius 2 is 2.00 bits per heavy atom. The van der Waals surface area contributed by atoms with E-state index < -0.39 is 0 Å². The normalized spacial score (nSPS) is 44.7. The number of hydrogen-bond donors (Lipinski definition) is 0. The molecule has 0 amide bonds. The zero-order valence-electron chi connectivity index (χ0n) is 15.7. The highest BCUT2D eigenvalue weighted by Gasteiger charge is 2.58. The molecule has 4 rings (SSSR count). The first-order chi connectivity index (χ1) is 11.3. The van der Waals surface area contributed by atoms with Gasteiger partial charge in [0.05, 0.1) is 0 Å². The van der Waals surface area contributed by atoms with Gasteiger partial charge in [0, 0.05) is 11.3 Å². The number of allylic oxidation sites excluding steroid dienone is 6. The number of fused-ring (bicyclic) bond motifs is 5. The molecular formula is C22H29ClO2. The van der Waals surface area contributed by atoms with Crippen molar-refractivity contribution in [1.82, 2.24) is 0 Å². The van der Waals surface area contributed by atoms with Gasteiger partial charge in [-0.15, -0.1) is 12.4 Å². The maximum Gasteiger partial charge on any atom is 0.178 e. The molecule has 2 saturated carbocycles. The summed E-state index contributed by atoms with van der Waals surface area (Å²) in [6.45, 7) is 8.69. The van der Waals surface area contributed by atoms with Crippen molar-refractivity contribution in [3.05, 3.63) is 35.5 Å². The minimum Gasteiger partial charge on any atom is -0.300 e. The van der Waals surface area contributed by atoms with E-state index in [9.17, 15) is 9.59 Å². The molecule has 0 heterocycles. The number of carbonyl (C=O) groups excluding carboxylic acids is 2. The van der Waals surface area contributed by atoms with Gasteiger partial charge >= 0.3 is 0 Å². The lowest BCUT2D eigenvalue weighted by Crippen LogP contribution is -2.44. The van der Waals surface area contributed by atoms with E-state index in [1.54, 1.807) is 13.0 Å². The topological polar surface area (TPSA) is 34.1 Å². The summed E-state index contributed by atoms with van der Waals surface area (Å²) in [5, 5.41) is 0. The number of hydrogen-bond acceptors (Lipinski definition) is 2. The largest absolute Gasteiger partial charge is 0.300 e. The predicted octanol–water partition coefficient (Wildman–Crippen LogP) is 5.09. The van der Waals surface area contributed by atoms with Gasteiger partial charge in [0.25, 0.3) is 0 Å². The monoisotopic (exact) mass is 360 g/mol. The van der Waals surface area contributed by atoms with Gasteiger partial charge in [-0.05, 0) is 74.9 Å². The van der Waals surface area contributed by atoms with Gasteiger partial charge in [0.2, 0.25) is 0 Å². The van der Waals surface area contributed by atoms with E-state index >= 15 is 0 Å². The summed E-state index contributed by atoms with van der Waals surface area (Å²) in [4.78, 5) is 24.1. The van der Waals surface area contributed by atoms with E-state index in [1.807, 2.05) is 6.08 Å². The van der Waals surface area contributed by atoms with Crippen LogP contribution in [0.1, 0.15) is 53.4 Å². The summed E-state index contributed by atoms with van der Waals surface area (Å²) in [7, 11) is 0. The molecule has 4 aliphatic rings. The first-order valence-corrected chi connectivity index (χ1v) is 9.42. The van der Waals surface area contributed by atoms with Crippen LogP contribution < -0.4 is 0 Å². The Morgan fingerprint density at radius 3 is 2.68 bits per heavy atom. The molecule has 2 nitrogen and oxygen atoms in total. The Labute approximate surface area is 157 Å². The Hall–Kier alpha value is -1.15. The van der Waals surface area contributed by atoms with Crippen LogP contribution in [-0.4, -0.2) is 11.6 Å². The second-order valence-electron chi connectivity index (χ2n) is 9.03. The zero-order chi connectivity index (χ0) is 17.3. The van der Waals surface area contributed by atoms with Crippen molar-refractivity contribution in [2.45, 2.75) is 53.4 Å². The van der Waals surface area contributed by atoms with Gasteiger partial charge in [0.1, 0.15) is 5.78 Å². The second kappa shape index (κ2) is 5.94. The molecule has 0 aromatic rings. The minimum atomic E-state index is -0.0737. The van der Waals surface area contributed by atoms with Crippen LogP contribution in [0.15, 0.2) is 35.5 Å². The zero-order valence-corrected chi connectivity index (χ0v) is 16.5. The van der Waals surface area contributed by atoms with Crippen molar-refractivity contribution in [1.29, 1.82) is 0 Å². The third kappa shape index (κ3) is 2.44. The summed E-state index contributed by atoms with van der Waals surface area (Å²) >= 11 is 0. The van der Waals surface area contributed by atoms with Crippen LogP contribution >= 0.6 is 12.4 Å².